The standard InChI is InChI=1S/C6H11N3O/c1-2-3-9(6(7)10)8-4-5-8/h2H,1,3-5H2,(H2,7,10). The van der Waals surface area contributed by atoms with E-state index in [4.69, 9.17) is 5.73 Å². The molecule has 1 saturated heterocycles. The molecule has 2 amide bonds. The van der Waals surface area contributed by atoms with Crippen molar-refractivity contribution in [2.24, 2.45) is 5.73 Å². The smallest absolute Gasteiger partial charge is 0.329 e. The molecule has 1 aliphatic heterocycles. The summed E-state index contributed by atoms with van der Waals surface area (Å²) < 4.78 is 0. The molecule has 0 aromatic heterocycles. The van der Waals surface area contributed by atoms with Crippen molar-refractivity contribution in [3.63, 3.8) is 0 Å². The van der Waals surface area contributed by atoms with Crippen molar-refractivity contribution in [3.8, 4) is 0 Å². The molecule has 4 heteroatoms. The Balaban J connectivity index is 2.41. The Morgan fingerprint density at radius 2 is 2.40 bits per heavy atom. The number of nitrogens with zero attached hydrogens (tertiary/aromatic N) is 2. The Bertz CT molecular complexity index is 153. The number of carbonyl (C=O) groups excluding carboxylic acids is 1. The fraction of sp³-hybridized carbons (Fsp3) is 0.500. The fourth-order valence-corrected chi connectivity index (χ4v) is 0.753. The molecule has 0 aromatic carbocycles. The second-order valence-electron chi connectivity index (χ2n) is 2.16. The highest BCUT2D eigenvalue weighted by atomic mass is 16.2. The van der Waals surface area contributed by atoms with Crippen molar-refractivity contribution >= 4 is 6.03 Å². The summed E-state index contributed by atoms with van der Waals surface area (Å²) in [5.74, 6) is 0. The normalized spacial score (nSPS) is 16.4. The number of urea groups is 1. The molecular weight excluding hydrogens is 130 g/mol. The van der Waals surface area contributed by atoms with Crippen LogP contribution in [0.5, 0.6) is 0 Å². The van der Waals surface area contributed by atoms with Crippen molar-refractivity contribution in [1.82, 2.24) is 10.0 Å². The van der Waals surface area contributed by atoms with Crippen LogP contribution in [0.3, 0.4) is 0 Å². The van der Waals surface area contributed by atoms with Gasteiger partial charge in [0.15, 0.2) is 0 Å². The molecule has 0 bridgehead atoms. The van der Waals surface area contributed by atoms with E-state index < -0.39 is 6.03 Å². The number of hydrazine groups is 1. The van der Waals surface area contributed by atoms with Crippen LogP contribution in [0.25, 0.3) is 0 Å². The monoisotopic (exact) mass is 141 g/mol. The Kier molecular flexibility index (Phi) is 1.91. The fourth-order valence-electron chi connectivity index (χ4n) is 0.753. The van der Waals surface area contributed by atoms with Crippen LogP contribution in [0.1, 0.15) is 0 Å². The first-order chi connectivity index (χ1) is 4.75. The predicted molar refractivity (Wildman–Crippen MR) is 38.1 cm³/mol. The van der Waals surface area contributed by atoms with E-state index in [1.165, 1.54) is 5.01 Å². The zero-order chi connectivity index (χ0) is 7.56. The highest BCUT2D eigenvalue weighted by Gasteiger charge is 2.26. The van der Waals surface area contributed by atoms with Crippen LogP contribution in [-0.2, 0) is 0 Å². The Hall–Kier alpha value is -1.03. The third-order valence-electron chi connectivity index (χ3n) is 1.32. The third-order valence-corrected chi connectivity index (χ3v) is 1.32. The number of hydrogen-bond donors (Lipinski definition) is 1. The van der Waals surface area contributed by atoms with Gasteiger partial charge in [-0.25, -0.2) is 9.80 Å². The SMILES string of the molecule is C=CCN(C(N)=O)N1CC1. The highest BCUT2D eigenvalue weighted by molar-refractivity contribution is 5.71. The van der Waals surface area contributed by atoms with Gasteiger partial charge in [-0.15, -0.1) is 6.58 Å². The van der Waals surface area contributed by atoms with Crippen molar-refractivity contribution in [2.45, 2.75) is 0 Å². The van der Waals surface area contributed by atoms with E-state index in [2.05, 4.69) is 6.58 Å². The van der Waals surface area contributed by atoms with E-state index in [0.29, 0.717) is 6.54 Å². The lowest BCUT2D eigenvalue weighted by molar-refractivity contribution is 0.133. The van der Waals surface area contributed by atoms with Gasteiger partial charge in [0.1, 0.15) is 0 Å². The number of rotatable bonds is 3. The quantitative estimate of drug-likeness (QED) is 0.436. The number of nitrogens with two attached hydrogens (primary N) is 1. The lowest BCUT2D eigenvalue weighted by atomic mass is 10.6. The van der Waals surface area contributed by atoms with E-state index in [1.54, 1.807) is 6.08 Å². The average molecular weight is 141 g/mol. The molecule has 56 valence electrons. The van der Waals surface area contributed by atoms with Gasteiger partial charge in [0.25, 0.3) is 0 Å². The maximum atomic E-state index is 10.6. The number of hydrogen-bond acceptors (Lipinski definition) is 2. The summed E-state index contributed by atoms with van der Waals surface area (Å²) in [7, 11) is 0. The molecule has 1 aliphatic rings. The largest absolute Gasteiger partial charge is 0.350 e. The Labute approximate surface area is 59.9 Å². The third kappa shape index (κ3) is 1.48. The minimum atomic E-state index is -0.405. The molecule has 1 heterocycles. The number of amides is 2. The van der Waals surface area contributed by atoms with Crippen LogP contribution in [0, 0.1) is 0 Å². The van der Waals surface area contributed by atoms with Gasteiger partial charge in [0.2, 0.25) is 0 Å². The summed E-state index contributed by atoms with van der Waals surface area (Å²) in [6.07, 6.45) is 1.66. The summed E-state index contributed by atoms with van der Waals surface area (Å²) in [6.45, 7) is 5.88. The molecule has 10 heavy (non-hydrogen) atoms. The van der Waals surface area contributed by atoms with Gasteiger partial charge < -0.3 is 5.73 Å². The molecule has 1 rings (SSSR count). The van der Waals surface area contributed by atoms with Crippen molar-refractivity contribution in [2.75, 3.05) is 19.6 Å². The van der Waals surface area contributed by atoms with E-state index in [9.17, 15) is 4.79 Å². The lowest BCUT2D eigenvalue weighted by Gasteiger charge is -2.18. The van der Waals surface area contributed by atoms with E-state index >= 15 is 0 Å². The minimum Gasteiger partial charge on any atom is -0.350 e. The summed E-state index contributed by atoms with van der Waals surface area (Å²) in [6, 6.07) is -0.405. The van der Waals surface area contributed by atoms with Crippen molar-refractivity contribution in [3.05, 3.63) is 12.7 Å². The van der Waals surface area contributed by atoms with Gasteiger partial charge >= 0.3 is 6.03 Å². The van der Waals surface area contributed by atoms with Crippen molar-refractivity contribution < 1.29 is 4.79 Å². The predicted octanol–water partition coefficient (Wildman–Crippen LogP) is -0.216. The van der Waals surface area contributed by atoms with Gasteiger partial charge in [0.05, 0.1) is 6.54 Å². The maximum absolute atomic E-state index is 10.6. The minimum absolute atomic E-state index is 0.405. The van der Waals surface area contributed by atoms with E-state index in [1.807, 2.05) is 5.01 Å². The van der Waals surface area contributed by atoms with Crippen LogP contribution in [0.2, 0.25) is 0 Å². The first kappa shape index (κ1) is 7.08. The van der Waals surface area contributed by atoms with Gasteiger partial charge in [-0.2, -0.15) is 0 Å². The van der Waals surface area contributed by atoms with Crippen LogP contribution in [-0.4, -0.2) is 35.7 Å². The molecule has 0 aliphatic carbocycles. The van der Waals surface area contributed by atoms with Gasteiger partial charge in [-0.05, 0) is 0 Å². The zero-order valence-electron chi connectivity index (χ0n) is 5.79. The van der Waals surface area contributed by atoms with Crippen molar-refractivity contribution in [1.29, 1.82) is 0 Å². The van der Waals surface area contributed by atoms with Crippen LogP contribution >= 0.6 is 0 Å². The second kappa shape index (κ2) is 2.70. The number of primary amides is 1. The van der Waals surface area contributed by atoms with Crippen LogP contribution < -0.4 is 5.73 Å². The number of carbonyl (C=O) groups is 1. The summed E-state index contributed by atoms with van der Waals surface area (Å²) >= 11 is 0. The Morgan fingerprint density at radius 3 is 2.70 bits per heavy atom. The first-order valence-corrected chi connectivity index (χ1v) is 3.18. The molecule has 1 fully saturated rings. The molecule has 0 radical (unpaired) electrons. The molecule has 4 nitrogen and oxygen atoms in total. The molecule has 0 unspecified atom stereocenters. The topological polar surface area (TPSA) is 49.3 Å². The second-order valence-corrected chi connectivity index (χ2v) is 2.16. The van der Waals surface area contributed by atoms with E-state index in [-0.39, 0.29) is 0 Å². The summed E-state index contributed by atoms with van der Waals surface area (Å²) in [5, 5.41) is 3.34. The zero-order valence-corrected chi connectivity index (χ0v) is 5.79. The summed E-state index contributed by atoms with van der Waals surface area (Å²) in [5.41, 5.74) is 5.06. The molecule has 0 atom stereocenters. The van der Waals surface area contributed by atoms with Gasteiger partial charge in [0, 0.05) is 13.1 Å². The van der Waals surface area contributed by atoms with Gasteiger partial charge in [-0.1, -0.05) is 6.08 Å². The first-order valence-electron chi connectivity index (χ1n) is 3.18. The molecular formula is C6H11N3O. The molecule has 0 spiro atoms. The van der Waals surface area contributed by atoms with Crippen LogP contribution in [0.15, 0.2) is 12.7 Å². The van der Waals surface area contributed by atoms with Crippen LogP contribution in [0.4, 0.5) is 4.79 Å². The maximum Gasteiger partial charge on any atom is 0.329 e. The Morgan fingerprint density at radius 1 is 1.80 bits per heavy atom. The van der Waals surface area contributed by atoms with E-state index in [0.717, 1.165) is 13.1 Å². The molecule has 2 N–H and O–H groups in total. The average Bonchev–Trinajstić information content (AvgIpc) is 2.63. The van der Waals surface area contributed by atoms with Gasteiger partial charge in [-0.3, -0.25) is 5.01 Å². The lowest BCUT2D eigenvalue weighted by Crippen LogP contribution is -2.39. The highest BCUT2D eigenvalue weighted by Crippen LogP contribution is 2.08. The molecule has 0 aromatic rings. The molecule has 0 saturated carbocycles. The summed E-state index contributed by atoms with van der Waals surface area (Å²) in [4.78, 5) is 10.6.